The van der Waals surface area contributed by atoms with Gasteiger partial charge in [0.25, 0.3) is 0 Å². The number of hydrogen-bond donors (Lipinski definition) is 4. The van der Waals surface area contributed by atoms with Gasteiger partial charge in [-0.3, -0.25) is 0 Å². The number of benzene rings is 2. The normalized spacial score (nSPS) is 20.9. The van der Waals surface area contributed by atoms with E-state index in [1.807, 2.05) is 24.3 Å². The van der Waals surface area contributed by atoms with Gasteiger partial charge in [0.05, 0.1) is 0 Å². The van der Waals surface area contributed by atoms with Crippen molar-refractivity contribution >= 4 is 17.3 Å². The van der Waals surface area contributed by atoms with Crippen molar-refractivity contribution < 1.29 is 15.3 Å². The van der Waals surface area contributed by atoms with Crippen LogP contribution >= 0.6 is 0 Å². The molecule has 0 radical (unpaired) electrons. The van der Waals surface area contributed by atoms with E-state index in [-0.39, 0.29) is 11.5 Å². The first-order chi connectivity index (χ1) is 11.1. The average Bonchev–Trinajstić information content (AvgIpc) is 2.88. The molecule has 0 aromatic heterocycles. The number of anilines is 1. The Hall–Kier alpha value is -2.46. The zero-order chi connectivity index (χ0) is 16.0. The van der Waals surface area contributed by atoms with Gasteiger partial charge in [0.2, 0.25) is 0 Å². The van der Waals surface area contributed by atoms with Crippen LogP contribution in [-0.4, -0.2) is 21.5 Å². The van der Waals surface area contributed by atoms with Crippen molar-refractivity contribution in [3.63, 3.8) is 0 Å². The van der Waals surface area contributed by atoms with Crippen LogP contribution in [0.15, 0.2) is 30.3 Å². The predicted octanol–water partition coefficient (Wildman–Crippen LogP) is 3.26. The van der Waals surface area contributed by atoms with E-state index in [9.17, 15) is 15.3 Å². The molecule has 4 nitrogen and oxygen atoms in total. The van der Waals surface area contributed by atoms with Crippen LogP contribution < -0.4 is 5.32 Å². The molecule has 118 valence electrons. The monoisotopic (exact) mass is 309 g/mol. The minimum absolute atomic E-state index is 0.224. The van der Waals surface area contributed by atoms with Crippen LogP contribution in [0.5, 0.6) is 11.5 Å². The third kappa shape index (κ3) is 2.26. The number of aliphatic hydroxyl groups excluding tert-OH is 1. The van der Waals surface area contributed by atoms with Crippen molar-refractivity contribution in [2.24, 2.45) is 0 Å². The average molecular weight is 309 g/mol. The molecule has 2 aromatic rings. The number of phenols is 2. The second-order valence-corrected chi connectivity index (χ2v) is 6.19. The highest BCUT2D eigenvalue weighted by atomic mass is 16.3. The van der Waals surface area contributed by atoms with E-state index in [4.69, 9.17) is 0 Å². The fourth-order valence-electron chi connectivity index (χ4n) is 3.59. The van der Waals surface area contributed by atoms with Crippen LogP contribution in [0.25, 0.3) is 11.6 Å². The Kier molecular flexibility index (Phi) is 3.27. The quantitative estimate of drug-likeness (QED) is 0.610. The van der Waals surface area contributed by atoms with Gasteiger partial charge in [-0.25, -0.2) is 0 Å². The molecule has 0 saturated heterocycles. The maximum absolute atomic E-state index is 10.6. The molecule has 4 N–H and O–H groups in total. The minimum atomic E-state index is -0.815. The number of aliphatic hydroxyl groups is 1. The van der Waals surface area contributed by atoms with Gasteiger partial charge < -0.3 is 20.6 Å². The van der Waals surface area contributed by atoms with Crippen molar-refractivity contribution in [2.75, 3.05) is 5.32 Å². The summed E-state index contributed by atoms with van der Waals surface area (Å²) in [5, 5.41) is 34.1. The maximum atomic E-state index is 10.6. The highest BCUT2D eigenvalue weighted by Crippen LogP contribution is 2.41. The SMILES string of the molecule is Oc1cc(C=C2c3ccccc3NC2O)c(O)c2c1CCCC2. The molecule has 1 unspecified atom stereocenters. The van der Waals surface area contributed by atoms with Gasteiger partial charge in [-0.05, 0) is 43.9 Å². The smallest absolute Gasteiger partial charge is 0.151 e. The van der Waals surface area contributed by atoms with E-state index in [2.05, 4.69) is 5.32 Å². The number of aromatic hydroxyl groups is 2. The van der Waals surface area contributed by atoms with Crippen LogP contribution in [0.3, 0.4) is 0 Å². The first kappa shape index (κ1) is 14.2. The van der Waals surface area contributed by atoms with E-state index >= 15 is 0 Å². The Morgan fingerprint density at radius 1 is 1.04 bits per heavy atom. The molecule has 0 amide bonds. The summed E-state index contributed by atoms with van der Waals surface area (Å²) in [5.74, 6) is 0.458. The zero-order valence-corrected chi connectivity index (χ0v) is 12.7. The third-order valence-electron chi connectivity index (χ3n) is 4.76. The molecule has 0 fully saturated rings. The van der Waals surface area contributed by atoms with Gasteiger partial charge in [0.15, 0.2) is 6.23 Å². The van der Waals surface area contributed by atoms with Gasteiger partial charge in [-0.2, -0.15) is 0 Å². The highest BCUT2D eigenvalue weighted by molar-refractivity contribution is 5.95. The number of hydrogen-bond acceptors (Lipinski definition) is 4. The molecule has 4 rings (SSSR count). The van der Waals surface area contributed by atoms with Gasteiger partial charge in [0.1, 0.15) is 11.5 Å². The molecule has 23 heavy (non-hydrogen) atoms. The molecule has 4 heteroatoms. The Balaban J connectivity index is 1.85. The first-order valence-electron chi connectivity index (χ1n) is 7.97. The first-order valence-corrected chi connectivity index (χ1v) is 7.97. The van der Waals surface area contributed by atoms with Crippen molar-refractivity contribution in [3.05, 3.63) is 52.6 Å². The van der Waals surface area contributed by atoms with Crippen molar-refractivity contribution in [3.8, 4) is 11.5 Å². The predicted molar refractivity (Wildman–Crippen MR) is 90.4 cm³/mol. The van der Waals surface area contributed by atoms with Crippen molar-refractivity contribution in [2.45, 2.75) is 31.9 Å². The Bertz CT molecular complexity index is 811. The summed E-state index contributed by atoms with van der Waals surface area (Å²) < 4.78 is 0. The standard InChI is InChI=1S/C19H19NO3/c21-17-10-11(18(22)14-7-2-1-6-13(14)17)9-15-12-5-3-4-8-16(12)20-19(15)23/h3-5,8-10,19-23H,1-2,6-7H2. The molecule has 2 aromatic carbocycles. The van der Waals surface area contributed by atoms with Crippen molar-refractivity contribution in [1.29, 1.82) is 0 Å². The van der Waals surface area contributed by atoms with Gasteiger partial charge in [0, 0.05) is 33.5 Å². The van der Waals surface area contributed by atoms with Gasteiger partial charge >= 0.3 is 0 Å². The second-order valence-electron chi connectivity index (χ2n) is 6.19. The lowest BCUT2D eigenvalue weighted by Crippen LogP contribution is -2.12. The molecule has 0 bridgehead atoms. The summed E-state index contributed by atoms with van der Waals surface area (Å²) in [6.07, 6.45) is 4.59. The van der Waals surface area contributed by atoms with Crippen LogP contribution in [-0.2, 0) is 12.8 Å². The lowest BCUT2D eigenvalue weighted by molar-refractivity contribution is 0.266. The molecule has 1 aliphatic carbocycles. The Labute approximate surface area is 134 Å². The summed E-state index contributed by atoms with van der Waals surface area (Å²) in [6.45, 7) is 0. The molecule has 0 saturated carbocycles. The lowest BCUT2D eigenvalue weighted by atomic mass is 9.88. The molecule has 2 aliphatic rings. The highest BCUT2D eigenvalue weighted by Gasteiger charge is 2.25. The van der Waals surface area contributed by atoms with Crippen LogP contribution in [0.1, 0.15) is 35.1 Å². The Morgan fingerprint density at radius 2 is 1.78 bits per heavy atom. The summed E-state index contributed by atoms with van der Waals surface area (Å²) in [4.78, 5) is 0. The molecular weight excluding hydrogens is 290 g/mol. The van der Waals surface area contributed by atoms with Crippen LogP contribution in [0.2, 0.25) is 0 Å². The van der Waals surface area contributed by atoms with Crippen molar-refractivity contribution in [1.82, 2.24) is 0 Å². The van der Waals surface area contributed by atoms with E-state index in [1.165, 1.54) is 0 Å². The van der Waals surface area contributed by atoms with Crippen LogP contribution in [0.4, 0.5) is 5.69 Å². The number of phenolic OH excluding ortho intramolecular Hbond substituents is 2. The largest absolute Gasteiger partial charge is 0.508 e. The third-order valence-corrected chi connectivity index (χ3v) is 4.76. The number of para-hydroxylation sites is 1. The fraction of sp³-hybridized carbons (Fsp3) is 0.263. The van der Waals surface area contributed by atoms with Gasteiger partial charge in [-0.15, -0.1) is 0 Å². The molecule has 0 spiro atoms. The van der Waals surface area contributed by atoms with Crippen LogP contribution in [0, 0.1) is 0 Å². The van der Waals surface area contributed by atoms with E-state index in [0.29, 0.717) is 11.1 Å². The summed E-state index contributed by atoms with van der Waals surface area (Å²) in [5.41, 5.74) is 4.74. The van der Waals surface area contributed by atoms with E-state index < -0.39 is 6.23 Å². The summed E-state index contributed by atoms with van der Waals surface area (Å²) in [7, 11) is 0. The lowest BCUT2D eigenvalue weighted by Gasteiger charge is -2.20. The summed E-state index contributed by atoms with van der Waals surface area (Å²) >= 11 is 0. The zero-order valence-electron chi connectivity index (χ0n) is 12.7. The molecule has 1 heterocycles. The minimum Gasteiger partial charge on any atom is -0.508 e. The topological polar surface area (TPSA) is 72.7 Å². The summed E-state index contributed by atoms with van der Waals surface area (Å²) in [6, 6.07) is 9.25. The molecule has 1 aliphatic heterocycles. The number of fused-ring (bicyclic) bond motifs is 2. The van der Waals surface area contributed by atoms with Gasteiger partial charge in [-0.1, -0.05) is 18.2 Å². The van der Waals surface area contributed by atoms with E-state index in [1.54, 1.807) is 12.1 Å². The molecular formula is C19H19NO3. The van der Waals surface area contributed by atoms with E-state index in [0.717, 1.165) is 48.1 Å². The second kappa shape index (κ2) is 5.32. The fourth-order valence-corrected chi connectivity index (χ4v) is 3.59. The Morgan fingerprint density at radius 3 is 2.61 bits per heavy atom. The number of nitrogens with one attached hydrogen (secondary N) is 1. The molecule has 1 atom stereocenters. The number of rotatable bonds is 1. The maximum Gasteiger partial charge on any atom is 0.151 e.